The topological polar surface area (TPSA) is 525 Å². The molecule has 12 amide bonds. The summed E-state index contributed by atoms with van der Waals surface area (Å²) in [5.41, 5.74) is 6.84. The molecule has 9 aliphatic rings. The van der Waals surface area contributed by atoms with Crippen molar-refractivity contribution in [1.82, 2.24) is 90.0 Å². The SMILES string of the molecule is C[C@@H](O)[C@@H]1NC(=O)[C@H](C2CCCCC2)NC(=O)[C@H](CC2CNC3NCCCC23)NC(=O)[C@H](CC2CNCN2)NC(=O)[C@H](CCC(=O)O)NC(=O)[C@H](CC2CNC3NCCCC23)NC(=O)[C@H]([C@@H](C)O)NC(=O)[C@@H]2CCCN2C(=O)[C@H](CC2CCC(O)CC2)NC(=O)[C@H](C(C)(C)C)NC(=O)CCSCc2cccc(c2)CSC[C@H](C(N)=O)NC1=O. The molecular weight excluding hydrogens is 1560 g/mol. The first-order valence-corrected chi connectivity index (χ1v) is 45.2. The minimum absolute atomic E-state index is 0.00331. The Hall–Kier alpha value is -7.33. The van der Waals surface area contributed by atoms with E-state index in [0.717, 1.165) is 56.3 Å². The average Bonchev–Trinajstić information content (AvgIpc) is 1.65. The monoisotopic (exact) mass is 1690 g/mol. The van der Waals surface area contributed by atoms with Crippen LogP contribution in [0.2, 0.25) is 0 Å². The zero-order valence-corrected chi connectivity index (χ0v) is 70.5. The Kier molecular flexibility index (Phi) is 35.0. The lowest BCUT2D eigenvalue weighted by molar-refractivity contribution is -0.144. The second kappa shape index (κ2) is 44.5. The number of rotatable bonds is 15. The number of amides is 12. The van der Waals surface area contributed by atoms with E-state index >= 15 is 33.6 Å². The highest BCUT2D eigenvalue weighted by Gasteiger charge is 2.48. The molecule has 2 aliphatic carbocycles. The summed E-state index contributed by atoms with van der Waals surface area (Å²) in [6.45, 7) is 11.0. The van der Waals surface area contributed by atoms with E-state index in [2.05, 4.69) is 85.1 Å². The van der Waals surface area contributed by atoms with E-state index in [9.17, 15) is 49.2 Å². The standard InChI is InChI=1S/C81H130N18O17S2/c1-43(100)64-76(112)92-56(33-49-36-86-69-53(49)17-10-27-84-69)72(108)89-55(24-25-63(104)105)71(107)91-58(35-51-38-83-42-88-51)73(109)90-57(34-50-37-87-70-54(50)18-11-28-85-70)74(110)98-66(48-15-7-6-8-16-48)78(114)97-65(44(2)101)77(113)94-60(68(82)106)41-118-40-47-14-9-13-46(31-47)39-117-30-26-62(103)95-67(81(3,4)5)79(115)93-59(32-45-20-22-52(102)23-21-45)80(116)99-29-12-19-61(99)75(111)96-64/h9,13-14,31,43-45,48-61,64-67,69-70,83-88,100-102H,6-8,10-12,15-30,32-42H2,1-5H3,(H2,82,106)(H,89,108)(H,90,109)(H,91,107)(H,92,112)(H,93,115)(H,94,113)(H,95,103)(H,96,111)(H,97,114)(H,98,110)(H,104,105)/t43-,44-,45?,49?,50?,51?,52?,53?,54?,55+,56+,57+,58+,59+,60-,61+,64+,65+,66+,67-,69?,70?/m1/s1. The van der Waals surface area contributed by atoms with Crippen molar-refractivity contribution >= 4 is 100 Å². The number of carbonyl (C=O) groups excluding carboxylic acids is 12. The number of thioether (sulfide) groups is 2. The highest BCUT2D eigenvalue weighted by molar-refractivity contribution is 7.98. The van der Waals surface area contributed by atoms with Crippen LogP contribution in [0.25, 0.3) is 0 Å². The van der Waals surface area contributed by atoms with Gasteiger partial charge in [0.1, 0.15) is 66.5 Å². The molecule has 1 aromatic carbocycles. The number of primary amides is 1. The van der Waals surface area contributed by atoms with E-state index in [1.54, 1.807) is 20.8 Å². The van der Waals surface area contributed by atoms with Crippen molar-refractivity contribution in [2.24, 2.45) is 46.7 Å². The Morgan fingerprint density at radius 3 is 1.68 bits per heavy atom. The van der Waals surface area contributed by atoms with E-state index in [0.29, 0.717) is 101 Å². The third-order valence-electron chi connectivity index (χ3n) is 25.2. The fourth-order valence-electron chi connectivity index (χ4n) is 18.5. The van der Waals surface area contributed by atoms with Gasteiger partial charge in [0.2, 0.25) is 70.9 Å². The number of nitrogens with two attached hydrogens (primary N) is 1. The lowest BCUT2D eigenvalue weighted by Crippen LogP contribution is -2.63. The highest BCUT2D eigenvalue weighted by Crippen LogP contribution is 2.36. The van der Waals surface area contributed by atoms with E-state index in [1.165, 1.54) is 42.3 Å². The Bertz CT molecular complexity index is 3640. The molecule has 0 aromatic heterocycles. The number of hydrogen-bond donors (Lipinski definition) is 21. The summed E-state index contributed by atoms with van der Waals surface area (Å²) in [5, 5.41) is 92.0. The highest BCUT2D eigenvalue weighted by atomic mass is 32.2. The summed E-state index contributed by atoms with van der Waals surface area (Å²) in [4.78, 5) is 192. The minimum Gasteiger partial charge on any atom is -0.481 e. The van der Waals surface area contributed by atoms with Gasteiger partial charge in [-0.3, -0.25) is 62.3 Å². The number of aliphatic hydroxyl groups excluding tert-OH is 3. The van der Waals surface area contributed by atoms with Crippen molar-refractivity contribution in [2.45, 2.75) is 291 Å². The van der Waals surface area contributed by atoms with Crippen LogP contribution < -0.4 is 90.8 Å². The van der Waals surface area contributed by atoms with Gasteiger partial charge < -0.3 is 116 Å². The first-order chi connectivity index (χ1) is 56.4. The number of aliphatic carboxylic acids is 1. The second-order valence-electron chi connectivity index (χ2n) is 35.2. The van der Waals surface area contributed by atoms with E-state index in [1.807, 2.05) is 24.3 Å². The van der Waals surface area contributed by atoms with E-state index < -0.39 is 192 Å². The maximum Gasteiger partial charge on any atom is 0.303 e. The number of carboxylic acid groups (broad SMARTS) is 1. The number of piperidine rings is 2. The van der Waals surface area contributed by atoms with Gasteiger partial charge in [0.15, 0.2) is 0 Å². The molecule has 10 rings (SSSR count). The average molecular weight is 1690 g/mol. The van der Waals surface area contributed by atoms with Gasteiger partial charge in [0.05, 0.1) is 30.6 Å². The summed E-state index contributed by atoms with van der Waals surface area (Å²) in [6.07, 6.45) is 3.87. The molecule has 7 heterocycles. The summed E-state index contributed by atoms with van der Waals surface area (Å²) >= 11 is 2.79. The maximum atomic E-state index is 15.5. The van der Waals surface area contributed by atoms with Crippen molar-refractivity contribution in [3.8, 4) is 0 Å². The Morgan fingerprint density at radius 2 is 1.10 bits per heavy atom. The summed E-state index contributed by atoms with van der Waals surface area (Å²) in [7, 11) is 0. The zero-order valence-electron chi connectivity index (χ0n) is 68.9. The first-order valence-electron chi connectivity index (χ1n) is 42.9. The quantitative estimate of drug-likeness (QED) is 0.0890. The summed E-state index contributed by atoms with van der Waals surface area (Å²) in [5.74, 6) is -10.8. The van der Waals surface area contributed by atoms with Gasteiger partial charge in [0.25, 0.3) is 0 Å². The van der Waals surface area contributed by atoms with Gasteiger partial charge in [0, 0.05) is 61.7 Å². The molecule has 6 saturated heterocycles. The second-order valence-corrected chi connectivity index (χ2v) is 37.3. The molecule has 8 fully saturated rings. The molecule has 20 atom stereocenters. The summed E-state index contributed by atoms with van der Waals surface area (Å²) < 4.78 is 0. The third-order valence-corrected chi connectivity index (χ3v) is 27.3. The normalized spacial score (nSPS) is 34.2. The molecule has 2 saturated carbocycles. The predicted octanol–water partition coefficient (Wildman–Crippen LogP) is -2.15. The van der Waals surface area contributed by atoms with Gasteiger partial charge >= 0.3 is 5.97 Å². The molecule has 658 valence electrons. The molecule has 0 spiro atoms. The van der Waals surface area contributed by atoms with Crippen molar-refractivity contribution in [1.29, 1.82) is 0 Å². The van der Waals surface area contributed by atoms with Gasteiger partial charge in [-0.2, -0.15) is 23.5 Å². The number of nitrogens with zero attached hydrogens (tertiary/aromatic N) is 1. The molecule has 22 N–H and O–H groups in total. The fraction of sp³-hybridized carbons (Fsp3) is 0.765. The number of benzene rings is 1. The smallest absolute Gasteiger partial charge is 0.303 e. The van der Waals surface area contributed by atoms with Crippen LogP contribution in [0.5, 0.6) is 0 Å². The molecule has 7 aliphatic heterocycles. The van der Waals surface area contributed by atoms with Crippen LogP contribution in [0.1, 0.15) is 187 Å². The lowest BCUT2D eigenvalue weighted by atomic mass is 9.82. The van der Waals surface area contributed by atoms with Crippen LogP contribution in [0, 0.1) is 40.9 Å². The molecule has 118 heavy (non-hydrogen) atoms. The first kappa shape index (κ1) is 92.9. The number of carboxylic acids is 1. The Balaban J connectivity index is 0.965. The van der Waals surface area contributed by atoms with Crippen LogP contribution in [0.3, 0.4) is 0 Å². The van der Waals surface area contributed by atoms with Gasteiger partial charge in [-0.05, 0) is 201 Å². The van der Waals surface area contributed by atoms with Crippen LogP contribution in [0.15, 0.2) is 24.3 Å². The van der Waals surface area contributed by atoms with Crippen molar-refractivity contribution < 1.29 is 82.8 Å². The number of aliphatic hydroxyl groups is 3. The minimum atomic E-state index is -1.75. The van der Waals surface area contributed by atoms with Crippen molar-refractivity contribution in [3.63, 3.8) is 0 Å². The molecular formula is C81H130N18O17S2. The molecule has 7 unspecified atom stereocenters. The van der Waals surface area contributed by atoms with E-state index in [-0.39, 0.29) is 92.7 Å². The number of nitrogens with one attached hydrogen (secondary N) is 16. The Morgan fingerprint density at radius 1 is 0.551 bits per heavy atom. The number of hydrogen-bond acceptors (Lipinski definition) is 24. The van der Waals surface area contributed by atoms with Crippen molar-refractivity contribution in [2.75, 3.05) is 57.4 Å². The van der Waals surface area contributed by atoms with Gasteiger partial charge in [-0.25, -0.2) is 0 Å². The molecule has 0 radical (unpaired) electrons. The third kappa shape index (κ3) is 26.6. The van der Waals surface area contributed by atoms with Crippen LogP contribution in [-0.4, -0.2) is 263 Å². The van der Waals surface area contributed by atoms with Crippen LogP contribution in [-0.2, 0) is 73.8 Å². The van der Waals surface area contributed by atoms with Crippen molar-refractivity contribution in [3.05, 3.63) is 35.4 Å². The van der Waals surface area contributed by atoms with Crippen LogP contribution >= 0.6 is 23.5 Å². The van der Waals surface area contributed by atoms with Crippen LogP contribution in [0.4, 0.5) is 0 Å². The largest absolute Gasteiger partial charge is 0.481 e. The number of carbonyl (C=O) groups is 13. The Labute approximate surface area is 699 Å². The van der Waals surface area contributed by atoms with E-state index in [4.69, 9.17) is 5.73 Å². The molecule has 1 aromatic rings. The predicted molar refractivity (Wildman–Crippen MR) is 441 cm³/mol. The molecule has 37 heteroatoms. The fourth-order valence-corrected chi connectivity index (χ4v) is 20.4. The lowest BCUT2D eigenvalue weighted by Gasteiger charge is -2.35. The molecule has 35 nitrogen and oxygen atoms in total. The van der Waals surface area contributed by atoms with Gasteiger partial charge in [-0.1, -0.05) is 64.3 Å². The zero-order chi connectivity index (χ0) is 84.9. The maximum absolute atomic E-state index is 15.5. The molecule has 2 bridgehead atoms. The summed E-state index contributed by atoms with van der Waals surface area (Å²) in [6, 6.07) is -8.41. The number of fused-ring (bicyclic) bond motifs is 5. The van der Waals surface area contributed by atoms with Gasteiger partial charge in [-0.15, -0.1) is 0 Å².